The van der Waals surface area contributed by atoms with Gasteiger partial charge in [0.25, 0.3) is 0 Å². The summed E-state index contributed by atoms with van der Waals surface area (Å²) in [5.41, 5.74) is 0. The summed E-state index contributed by atoms with van der Waals surface area (Å²) in [5.74, 6) is 2.58. The average Bonchev–Trinajstić information content (AvgIpc) is 2.44. The van der Waals surface area contributed by atoms with E-state index < -0.39 is 0 Å². The molecule has 1 amide bonds. The molecule has 1 heterocycles. The van der Waals surface area contributed by atoms with Gasteiger partial charge in [0, 0.05) is 32.1 Å². The molecule has 6 heteroatoms. The van der Waals surface area contributed by atoms with Gasteiger partial charge in [0.1, 0.15) is 17.5 Å². The van der Waals surface area contributed by atoms with E-state index in [9.17, 15) is 4.79 Å². The average molecular weight is 279 g/mol. The number of aromatic nitrogens is 2. The lowest BCUT2D eigenvalue weighted by atomic mass is 10.2. The third-order valence-corrected chi connectivity index (χ3v) is 2.92. The molecule has 2 N–H and O–H groups in total. The molecule has 0 radical (unpaired) electrons. The number of likely N-dealkylation sites (N-methyl/N-ethyl adjacent to an activating group) is 2. The highest BCUT2D eigenvalue weighted by atomic mass is 16.2. The fourth-order valence-electron chi connectivity index (χ4n) is 1.78. The SMILES string of the molecule is CCNC(=O)CN(CC)c1cc(NC)nc(C(C)C)n1. The van der Waals surface area contributed by atoms with Crippen LogP contribution >= 0.6 is 0 Å². The molecule has 0 aliphatic heterocycles. The maximum absolute atomic E-state index is 11.7. The summed E-state index contributed by atoms with van der Waals surface area (Å²) in [4.78, 5) is 22.7. The lowest BCUT2D eigenvalue weighted by Crippen LogP contribution is -2.37. The van der Waals surface area contributed by atoms with Crippen LogP contribution in [0.5, 0.6) is 0 Å². The fourth-order valence-corrected chi connectivity index (χ4v) is 1.78. The molecule has 1 aromatic rings. The topological polar surface area (TPSA) is 70.2 Å². The van der Waals surface area contributed by atoms with Gasteiger partial charge in [-0.1, -0.05) is 13.8 Å². The van der Waals surface area contributed by atoms with E-state index in [4.69, 9.17) is 0 Å². The lowest BCUT2D eigenvalue weighted by Gasteiger charge is -2.22. The maximum Gasteiger partial charge on any atom is 0.239 e. The highest BCUT2D eigenvalue weighted by Gasteiger charge is 2.14. The minimum absolute atomic E-state index is 0.00469. The molecule has 0 aliphatic rings. The number of anilines is 2. The van der Waals surface area contributed by atoms with Crippen LogP contribution in [0.3, 0.4) is 0 Å². The zero-order valence-corrected chi connectivity index (χ0v) is 13.0. The number of nitrogens with one attached hydrogen (secondary N) is 2. The molecule has 6 nitrogen and oxygen atoms in total. The van der Waals surface area contributed by atoms with E-state index in [0.717, 1.165) is 24.0 Å². The Balaban J connectivity index is 3.01. The second-order valence-electron chi connectivity index (χ2n) is 4.84. The molecule has 112 valence electrons. The van der Waals surface area contributed by atoms with Gasteiger partial charge >= 0.3 is 0 Å². The van der Waals surface area contributed by atoms with Crippen LogP contribution in [0.2, 0.25) is 0 Å². The molecule has 0 saturated heterocycles. The summed E-state index contributed by atoms with van der Waals surface area (Å²) in [6.07, 6.45) is 0. The predicted molar refractivity (Wildman–Crippen MR) is 82.2 cm³/mol. The van der Waals surface area contributed by atoms with Crippen LogP contribution in [0.4, 0.5) is 11.6 Å². The van der Waals surface area contributed by atoms with Crippen LogP contribution in [-0.2, 0) is 4.79 Å². The zero-order valence-electron chi connectivity index (χ0n) is 13.0. The molecule has 0 bridgehead atoms. The van der Waals surface area contributed by atoms with Crippen molar-refractivity contribution in [3.8, 4) is 0 Å². The lowest BCUT2D eigenvalue weighted by molar-refractivity contribution is -0.119. The molecular weight excluding hydrogens is 254 g/mol. The molecule has 0 spiro atoms. The molecule has 0 aliphatic carbocycles. The quantitative estimate of drug-likeness (QED) is 0.793. The van der Waals surface area contributed by atoms with Crippen molar-refractivity contribution in [3.63, 3.8) is 0 Å². The highest BCUT2D eigenvalue weighted by Crippen LogP contribution is 2.19. The van der Waals surface area contributed by atoms with Crippen LogP contribution in [0.15, 0.2) is 6.07 Å². The van der Waals surface area contributed by atoms with Gasteiger partial charge in [-0.15, -0.1) is 0 Å². The number of carbonyl (C=O) groups excluding carboxylic acids is 1. The highest BCUT2D eigenvalue weighted by molar-refractivity contribution is 5.81. The molecule has 0 fully saturated rings. The summed E-state index contributed by atoms with van der Waals surface area (Å²) >= 11 is 0. The van der Waals surface area contributed by atoms with E-state index in [2.05, 4.69) is 34.4 Å². The minimum atomic E-state index is 0.00469. The smallest absolute Gasteiger partial charge is 0.239 e. The van der Waals surface area contributed by atoms with E-state index in [0.29, 0.717) is 13.1 Å². The van der Waals surface area contributed by atoms with E-state index in [1.54, 1.807) is 0 Å². The first kappa shape index (κ1) is 16.2. The Morgan fingerprint density at radius 2 is 2.05 bits per heavy atom. The minimum Gasteiger partial charge on any atom is -0.373 e. The third kappa shape index (κ3) is 4.36. The van der Waals surface area contributed by atoms with E-state index in [1.807, 2.05) is 31.9 Å². The fraction of sp³-hybridized carbons (Fsp3) is 0.643. The third-order valence-electron chi connectivity index (χ3n) is 2.92. The predicted octanol–water partition coefficient (Wildman–Crippen LogP) is 1.60. The van der Waals surface area contributed by atoms with Crippen molar-refractivity contribution in [2.75, 3.05) is 36.9 Å². The van der Waals surface area contributed by atoms with Gasteiger partial charge in [-0.25, -0.2) is 9.97 Å². The van der Waals surface area contributed by atoms with Gasteiger partial charge in [0.15, 0.2) is 0 Å². The first-order valence-corrected chi connectivity index (χ1v) is 7.10. The first-order valence-electron chi connectivity index (χ1n) is 7.10. The molecule has 1 rings (SSSR count). The summed E-state index contributed by atoms with van der Waals surface area (Å²) < 4.78 is 0. The molecule has 20 heavy (non-hydrogen) atoms. The zero-order chi connectivity index (χ0) is 15.1. The van der Waals surface area contributed by atoms with Crippen molar-refractivity contribution in [2.45, 2.75) is 33.6 Å². The van der Waals surface area contributed by atoms with Crippen molar-refractivity contribution < 1.29 is 4.79 Å². The van der Waals surface area contributed by atoms with Crippen LogP contribution in [0.25, 0.3) is 0 Å². The van der Waals surface area contributed by atoms with E-state index in [1.165, 1.54) is 0 Å². The van der Waals surface area contributed by atoms with Gasteiger partial charge in [0.05, 0.1) is 6.54 Å². The monoisotopic (exact) mass is 279 g/mol. The number of amides is 1. The number of rotatable bonds is 7. The second-order valence-corrected chi connectivity index (χ2v) is 4.84. The van der Waals surface area contributed by atoms with Crippen molar-refractivity contribution in [1.82, 2.24) is 15.3 Å². The second kappa shape index (κ2) is 7.67. The summed E-state index contributed by atoms with van der Waals surface area (Å²) in [5, 5.41) is 5.85. The van der Waals surface area contributed by atoms with Crippen LogP contribution in [0, 0.1) is 0 Å². The van der Waals surface area contributed by atoms with Crippen LogP contribution in [-0.4, -0.2) is 42.6 Å². The summed E-state index contributed by atoms with van der Waals surface area (Å²) in [7, 11) is 1.83. The van der Waals surface area contributed by atoms with Gasteiger partial charge in [-0.05, 0) is 13.8 Å². The Bertz CT molecular complexity index is 447. The van der Waals surface area contributed by atoms with Gasteiger partial charge < -0.3 is 15.5 Å². The number of carbonyl (C=O) groups is 1. The standard InChI is InChI=1S/C14H25N5O/c1-6-16-13(20)9-19(7-2)12-8-11(15-5)17-14(18-12)10(3)4/h8,10H,6-7,9H2,1-5H3,(H,16,20)(H,15,17,18). The Morgan fingerprint density at radius 3 is 2.55 bits per heavy atom. The van der Waals surface area contributed by atoms with E-state index in [-0.39, 0.29) is 11.8 Å². The van der Waals surface area contributed by atoms with Gasteiger partial charge in [0.2, 0.25) is 5.91 Å². The molecule has 1 aromatic heterocycles. The normalized spacial score (nSPS) is 10.5. The Morgan fingerprint density at radius 1 is 1.35 bits per heavy atom. The van der Waals surface area contributed by atoms with Gasteiger partial charge in [-0.3, -0.25) is 4.79 Å². The molecule has 0 saturated carbocycles. The van der Waals surface area contributed by atoms with Crippen molar-refractivity contribution in [1.29, 1.82) is 0 Å². The van der Waals surface area contributed by atoms with E-state index >= 15 is 0 Å². The van der Waals surface area contributed by atoms with Gasteiger partial charge in [-0.2, -0.15) is 0 Å². The summed E-state index contributed by atoms with van der Waals surface area (Å²) in [6.45, 7) is 9.69. The maximum atomic E-state index is 11.7. The molecular formula is C14H25N5O. The molecule has 0 unspecified atom stereocenters. The largest absolute Gasteiger partial charge is 0.373 e. The first-order chi connectivity index (χ1) is 9.51. The Hall–Kier alpha value is -1.85. The van der Waals surface area contributed by atoms with Crippen molar-refractivity contribution in [3.05, 3.63) is 11.9 Å². The van der Waals surface area contributed by atoms with Crippen molar-refractivity contribution >= 4 is 17.5 Å². The molecule has 0 aromatic carbocycles. The van der Waals surface area contributed by atoms with Crippen LogP contribution < -0.4 is 15.5 Å². The Kier molecular flexibility index (Phi) is 6.21. The number of nitrogens with zero attached hydrogens (tertiary/aromatic N) is 3. The number of hydrogen-bond acceptors (Lipinski definition) is 5. The Labute approximate surface area is 121 Å². The van der Waals surface area contributed by atoms with Crippen LogP contribution in [0.1, 0.15) is 39.4 Å². The van der Waals surface area contributed by atoms with Crippen molar-refractivity contribution in [2.24, 2.45) is 0 Å². The summed E-state index contributed by atoms with van der Waals surface area (Å²) in [6, 6.07) is 1.87. The molecule has 0 atom stereocenters. The number of hydrogen-bond donors (Lipinski definition) is 2.